The Morgan fingerprint density at radius 2 is 2.05 bits per heavy atom. The Hall–Kier alpha value is -2.63. The Kier molecular flexibility index (Phi) is 4.71. The molecule has 21 heavy (non-hydrogen) atoms. The fourth-order valence-electron chi connectivity index (χ4n) is 1.80. The quantitative estimate of drug-likeness (QED) is 0.901. The molecular weight excluding hydrogens is 268 g/mol. The van der Waals surface area contributed by atoms with Crippen LogP contribution in [0.3, 0.4) is 0 Å². The topological polar surface area (TPSA) is 67.3 Å². The lowest BCUT2D eigenvalue weighted by Gasteiger charge is -2.12. The third kappa shape index (κ3) is 3.68. The molecule has 0 unspecified atom stereocenters. The number of nitrogens with one attached hydrogen (secondary N) is 1. The summed E-state index contributed by atoms with van der Waals surface area (Å²) in [5.41, 5.74) is 1.25. The number of carbonyl (C=O) groups excluding carboxylic acids is 1. The number of nitrogens with zero attached hydrogens (tertiary/aromatic N) is 3. The molecule has 2 aromatic rings. The Morgan fingerprint density at radius 1 is 1.29 bits per heavy atom. The minimum absolute atomic E-state index is 0.197. The Balaban J connectivity index is 2.06. The number of benzene rings is 1. The van der Waals surface area contributed by atoms with Gasteiger partial charge in [0.05, 0.1) is 24.9 Å². The zero-order chi connectivity index (χ0) is 15.2. The summed E-state index contributed by atoms with van der Waals surface area (Å²) < 4.78 is 5.18. The van der Waals surface area contributed by atoms with Crippen LogP contribution < -0.4 is 15.0 Å². The number of hydrogen-bond acceptors (Lipinski definition) is 5. The van der Waals surface area contributed by atoms with E-state index in [1.807, 2.05) is 25.1 Å². The number of methoxy groups -OCH3 is 1. The Labute approximate surface area is 123 Å². The summed E-state index contributed by atoms with van der Waals surface area (Å²) in [7, 11) is 5.28. The van der Waals surface area contributed by atoms with E-state index in [1.54, 1.807) is 37.6 Å². The number of carbonyl (C=O) groups is 1. The molecule has 0 saturated carbocycles. The first-order valence-electron chi connectivity index (χ1n) is 6.52. The van der Waals surface area contributed by atoms with E-state index in [-0.39, 0.29) is 5.91 Å². The molecule has 0 bridgehead atoms. The van der Waals surface area contributed by atoms with Gasteiger partial charge in [-0.25, -0.2) is 9.97 Å². The predicted octanol–water partition coefficient (Wildman–Crippen LogP) is 1.48. The van der Waals surface area contributed by atoms with Crippen molar-refractivity contribution in [2.75, 3.05) is 26.1 Å². The van der Waals surface area contributed by atoms with E-state index in [9.17, 15) is 4.79 Å². The molecule has 1 amide bonds. The van der Waals surface area contributed by atoms with Gasteiger partial charge in [0.25, 0.3) is 5.91 Å². The van der Waals surface area contributed by atoms with E-state index >= 15 is 0 Å². The van der Waals surface area contributed by atoms with Gasteiger partial charge in [-0.05, 0) is 18.2 Å². The van der Waals surface area contributed by atoms with E-state index in [0.29, 0.717) is 23.8 Å². The molecule has 0 saturated heterocycles. The van der Waals surface area contributed by atoms with Crippen molar-refractivity contribution in [1.29, 1.82) is 0 Å². The zero-order valence-electron chi connectivity index (χ0n) is 12.3. The molecule has 6 nitrogen and oxygen atoms in total. The van der Waals surface area contributed by atoms with Gasteiger partial charge in [0.1, 0.15) is 5.75 Å². The molecule has 0 aliphatic rings. The van der Waals surface area contributed by atoms with E-state index in [1.165, 1.54) is 0 Å². The maximum Gasteiger partial charge on any atom is 0.255 e. The molecular formula is C15H18N4O2. The number of ether oxygens (including phenoxy) is 1. The molecule has 0 aliphatic heterocycles. The van der Waals surface area contributed by atoms with Crippen LogP contribution in [0.25, 0.3) is 0 Å². The number of rotatable bonds is 5. The monoisotopic (exact) mass is 286 g/mol. The van der Waals surface area contributed by atoms with Gasteiger partial charge < -0.3 is 15.0 Å². The number of hydrogen-bond donors (Lipinski definition) is 1. The summed E-state index contributed by atoms with van der Waals surface area (Å²) in [6.07, 6.45) is 1.67. The fourth-order valence-corrected chi connectivity index (χ4v) is 1.80. The van der Waals surface area contributed by atoms with Crippen LogP contribution in [0.2, 0.25) is 0 Å². The van der Waals surface area contributed by atoms with Crippen molar-refractivity contribution in [3.05, 3.63) is 47.8 Å². The van der Waals surface area contributed by atoms with Gasteiger partial charge in [0.2, 0.25) is 5.95 Å². The van der Waals surface area contributed by atoms with Crippen LogP contribution in [-0.4, -0.2) is 37.1 Å². The fraction of sp³-hybridized carbons (Fsp3) is 0.267. The number of anilines is 1. The zero-order valence-corrected chi connectivity index (χ0v) is 12.3. The van der Waals surface area contributed by atoms with Crippen molar-refractivity contribution in [3.8, 4) is 5.75 Å². The Morgan fingerprint density at radius 3 is 2.76 bits per heavy atom. The molecule has 2 rings (SSSR count). The molecule has 110 valence electrons. The normalized spacial score (nSPS) is 10.0. The van der Waals surface area contributed by atoms with Crippen molar-refractivity contribution < 1.29 is 9.53 Å². The van der Waals surface area contributed by atoms with Crippen molar-refractivity contribution >= 4 is 11.9 Å². The largest absolute Gasteiger partial charge is 0.496 e. The maximum absolute atomic E-state index is 12.2. The first kappa shape index (κ1) is 14.8. The van der Waals surface area contributed by atoms with Gasteiger partial charge in [-0.1, -0.05) is 12.1 Å². The van der Waals surface area contributed by atoms with Crippen LogP contribution in [-0.2, 0) is 6.54 Å². The second-order valence-corrected chi connectivity index (χ2v) is 4.63. The summed E-state index contributed by atoms with van der Waals surface area (Å²) in [4.78, 5) is 22.5. The number of para-hydroxylation sites is 1. The third-order valence-electron chi connectivity index (χ3n) is 2.88. The molecule has 0 spiro atoms. The number of aromatic nitrogens is 2. The molecule has 0 aliphatic carbocycles. The lowest BCUT2D eigenvalue weighted by molar-refractivity contribution is 0.0947. The smallest absolute Gasteiger partial charge is 0.255 e. The molecule has 0 fully saturated rings. The van der Waals surface area contributed by atoms with Crippen LogP contribution in [0, 0.1) is 0 Å². The molecule has 0 atom stereocenters. The second kappa shape index (κ2) is 6.69. The van der Waals surface area contributed by atoms with E-state index in [4.69, 9.17) is 4.74 Å². The predicted molar refractivity (Wildman–Crippen MR) is 80.5 cm³/mol. The summed E-state index contributed by atoms with van der Waals surface area (Å²) in [5, 5.41) is 2.83. The van der Waals surface area contributed by atoms with Gasteiger partial charge in [-0.15, -0.1) is 0 Å². The average Bonchev–Trinajstić information content (AvgIpc) is 2.52. The summed E-state index contributed by atoms with van der Waals surface area (Å²) in [5.74, 6) is 0.961. The second-order valence-electron chi connectivity index (χ2n) is 4.63. The van der Waals surface area contributed by atoms with Gasteiger partial charge in [0, 0.05) is 20.3 Å². The van der Waals surface area contributed by atoms with Crippen molar-refractivity contribution in [2.24, 2.45) is 0 Å². The van der Waals surface area contributed by atoms with Crippen LogP contribution in [0.5, 0.6) is 5.75 Å². The van der Waals surface area contributed by atoms with Crippen molar-refractivity contribution in [3.63, 3.8) is 0 Å². The maximum atomic E-state index is 12.2. The van der Waals surface area contributed by atoms with Crippen LogP contribution >= 0.6 is 0 Å². The highest BCUT2D eigenvalue weighted by molar-refractivity contribution is 5.96. The van der Waals surface area contributed by atoms with Gasteiger partial charge in [-0.3, -0.25) is 4.79 Å². The van der Waals surface area contributed by atoms with Crippen LogP contribution in [0.1, 0.15) is 16.1 Å². The number of amides is 1. The first-order valence-corrected chi connectivity index (χ1v) is 6.52. The molecule has 0 radical (unpaired) electrons. The minimum Gasteiger partial charge on any atom is -0.496 e. The van der Waals surface area contributed by atoms with Crippen LogP contribution in [0.15, 0.2) is 36.5 Å². The van der Waals surface area contributed by atoms with E-state index in [2.05, 4.69) is 15.3 Å². The van der Waals surface area contributed by atoms with Crippen molar-refractivity contribution in [1.82, 2.24) is 15.3 Å². The summed E-state index contributed by atoms with van der Waals surface area (Å²) in [6, 6.07) is 8.87. The lowest BCUT2D eigenvalue weighted by atomic mass is 10.2. The molecule has 1 aromatic carbocycles. The molecule has 1 aromatic heterocycles. The highest BCUT2D eigenvalue weighted by Crippen LogP contribution is 2.17. The third-order valence-corrected chi connectivity index (χ3v) is 2.88. The lowest BCUT2D eigenvalue weighted by Crippen LogP contribution is -2.24. The van der Waals surface area contributed by atoms with Gasteiger partial charge in [-0.2, -0.15) is 0 Å². The molecule has 1 heterocycles. The van der Waals surface area contributed by atoms with E-state index < -0.39 is 0 Å². The van der Waals surface area contributed by atoms with E-state index in [0.717, 1.165) is 5.69 Å². The summed E-state index contributed by atoms with van der Waals surface area (Å²) >= 11 is 0. The standard InChI is InChI=1S/C15H18N4O2/c1-19(2)15-16-9-8-11(18-15)10-17-14(20)12-6-4-5-7-13(12)21-3/h4-9H,10H2,1-3H3,(H,17,20). The minimum atomic E-state index is -0.197. The van der Waals surface area contributed by atoms with Gasteiger partial charge in [0.15, 0.2) is 0 Å². The Bertz CT molecular complexity index is 629. The summed E-state index contributed by atoms with van der Waals surface area (Å²) in [6.45, 7) is 0.334. The highest BCUT2D eigenvalue weighted by atomic mass is 16.5. The molecule has 1 N–H and O–H groups in total. The van der Waals surface area contributed by atoms with Gasteiger partial charge >= 0.3 is 0 Å². The van der Waals surface area contributed by atoms with Crippen LogP contribution in [0.4, 0.5) is 5.95 Å². The molecule has 6 heteroatoms. The average molecular weight is 286 g/mol. The SMILES string of the molecule is COc1ccccc1C(=O)NCc1ccnc(N(C)C)n1. The first-order chi connectivity index (χ1) is 10.1. The highest BCUT2D eigenvalue weighted by Gasteiger charge is 2.11. The van der Waals surface area contributed by atoms with Crippen molar-refractivity contribution in [2.45, 2.75) is 6.54 Å².